The number of hydrogen-bond acceptors (Lipinski definition) is 5. The lowest BCUT2D eigenvalue weighted by Crippen LogP contribution is -2.41. The molecule has 2 aromatic rings. The third-order valence-corrected chi connectivity index (χ3v) is 4.56. The van der Waals surface area contributed by atoms with Gasteiger partial charge < -0.3 is 10.1 Å². The molecule has 1 aliphatic rings. The standard InChI is InChI=1S/C18H20N4O3/c1-21-16(13(11-19)17(23)22(2)18(21)24)20-15(14-9-6-10-25-14)12-7-4-3-5-8-12/h3-5,7-8,14-15,20H,6,9-10H2,1-2H3/t14-,15-/m0/s1. The van der Waals surface area contributed by atoms with E-state index >= 15 is 0 Å². The van der Waals surface area contributed by atoms with Crippen molar-refractivity contribution in [3.05, 3.63) is 62.3 Å². The zero-order valence-electron chi connectivity index (χ0n) is 14.2. The molecule has 2 atom stereocenters. The van der Waals surface area contributed by atoms with Crippen molar-refractivity contribution < 1.29 is 4.74 Å². The van der Waals surface area contributed by atoms with Crippen LogP contribution in [-0.4, -0.2) is 21.8 Å². The summed E-state index contributed by atoms with van der Waals surface area (Å²) in [5.74, 6) is 0.222. The molecule has 0 amide bonds. The number of nitrogens with zero attached hydrogens (tertiary/aromatic N) is 3. The lowest BCUT2D eigenvalue weighted by Gasteiger charge is -2.27. The molecule has 7 heteroatoms. The fourth-order valence-corrected chi connectivity index (χ4v) is 3.18. The van der Waals surface area contributed by atoms with E-state index in [-0.39, 0.29) is 23.5 Å². The summed E-state index contributed by atoms with van der Waals surface area (Å²) in [6.45, 7) is 0.677. The van der Waals surface area contributed by atoms with E-state index in [1.54, 1.807) is 7.05 Å². The second kappa shape index (κ2) is 6.95. The van der Waals surface area contributed by atoms with Gasteiger partial charge in [-0.05, 0) is 18.4 Å². The smallest absolute Gasteiger partial charge is 0.332 e. The van der Waals surface area contributed by atoms with Gasteiger partial charge in [-0.3, -0.25) is 13.9 Å². The molecule has 0 radical (unpaired) electrons. The molecule has 7 nitrogen and oxygen atoms in total. The summed E-state index contributed by atoms with van der Waals surface area (Å²) in [6, 6.07) is 11.4. The maximum absolute atomic E-state index is 12.3. The van der Waals surface area contributed by atoms with Crippen molar-refractivity contribution >= 4 is 5.82 Å². The number of rotatable bonds is 4. The summed E-state index contributed by atoms with van der Waals surface area (Å²) >= 11 is 0. The summed E-state index contributed by atoms with van der Waals surface area (Å²) in [7, 11) is 2.91. The average Bonchev–Trinajstić information content (AvgIpc) is 3.17. The van der Waals surface area contributed by atoms with Crippen molar-refractivity contribution in [3.63, 3.8) is 0 Å². The van der Waals surface area contributed by atoms with Crippen molar-refractivity contribution in [1.82, 2.24) is 9.13 Å². The lowest BCUT2D eigenvalue weighted by molar-refractivity contribution is 0.0952. The Bertz CT molecular complexity index is 918. The Kier molecular flexibility index (Phi) is 4.72. The largest absolute Gasteiger partial charge is 0.376 e. The molecule has 1 saturated heterocycles. The molecule has 0 unspecified atom stereocenters. The third kappa shape index (κ3) is 3.08. The van der Waals surface area contributed by atoms with Crippen LogP contribution in [-0.2, 0) is 18.8 Å². The van der Waals surface area contributed by atoms with Crippen LogP contribution in [0.5, 0.6) is 0 Å². The molecule has 0 aliphatic carbocycles. The Morgan fingerprint density at radius 1 is 1.24 bits per heavy atom. The third-order valence-electron chi connectivity index (χ3n) is 4.56. The summed E-state index contributed by atoms with van der Waals surface area (Å²) in [6.07, 6.45) is 1.73. The predicted octanol–water partition coefficient (Wildman–Crippen LogP) is 1.29. The zero-order valence-corrected chi connectivity index (χ0v) is 14.2. The fraction of sp³-hybridized carbons (Fsp3) is 0.389. The normalized spacial score (nSPS) is 17.9. The minimum atomic E-state index is -0.604. The number of benzene rings is 1. The van der Waals surface area contributed by atoms with E-state index in [4.69, 9.17) is 4.74 Å². The van der Waals surface area contributed by atoms with Gasteiger partial charge in [0, 0.05) is 20.7 Å². The molecule has 25 heavy (non-hydrogen) atoms. The Hall–Kier alpha value is -2.85. The summed E-state index contributed by atoms with van der Waals surface area (Å²) in [5.41, 5.74) is -0.187. The quantitative estimate of drug-likeness (QED) is 0.906. The van der Waals surface area contributed by atoms with Crippen LogP contribution in [0.15, 0.2) is 39.9 Å². The molecule has 2 heterocycles. The Labute approximate surface area is 145 Å². The van der Waals surface area contributed by atoms with Crippen LogP contribution in [0.1, 0.15) is 30.0 Å². The lowest BCUT2D eigenvalue weighted by atomic mass is 9.99. The van der Waals surface area contributed by atoms with Gasteiger partial charge in [0.15, 0.2) is 5.56 Å². The first kappa shape index (κ1) is 17.0. The molecule has 0 saturated carbocycles. The van der Waals surface area contributed by atoms with E-state index < -0.39 is 11.2 Å². The van der Waals surface area contributed by atoms with Gasteiger partial charge in [0.2, 0.25) is 0 Å². The van der Waals surface area contributed by atoms with Gasteiger partial charge in [0.1, 0.15) is 11.9 Å². The topological polar surface area (TPSA) is 89.1 Å². The van der Waals surface area contributed by atoms with Crippen LogP contribution in [0.4, 0.5) is 5.82 Å². The number of nitrogens with one attached hydrogen (secondary N) is 1. The molecule has 0 bridgehead atoms. The summed E-state index contributed by atoms with van der Waals surface area (Å²) in [4.78, 5) is 24.6. The van der Waals surface area contributed by atoms with E-state index in [9.17, 15) is 14.9 Å². The van der Waals surface area contributed by atoms with Crippen LogP contribution < -0.4 is 16.6 Å². The molecular formula is C18H20N4O3. The number of aromatic nitrogens is 2. The highest BCUT2D eigenvalue weighted by molar-refractivity contribution is 5.53. The van der Waals surface area contributed by atoms with Gasteiger partial charge >= 0.3 is 5.69 Å². The predicted molar refractivity (Wildman–Crippen MR) is 93.4 cm³/mol. The number of anilines is 1. The van der Waals surface area contributed by atoms with Crippen LogP contribution in [0.3, 0.4) is 0 Å². The Balaban J connectivity index is 2.11. The van der Waals surface area contributed by atoms with Crippen molar-refractivity contribution in [1.29, 1.82) is 5.26 Å². The molecule has 3 rings (SSSR count). The summed E-state index contributed by atoms with van der Waals surface area (Å²) < 4.78 is 8.06. The van der Waals surface area contributed by atoms with Crippen LogP contribution in [0, 0.1) is 11.3 Å². The average molecular weight is 340 g/mol. The molecule has 1 fully saturated rings. The van der Waals surface area contributed by atoms with Gasteiger partial charge in [-0.2, -0.15) is 5.26 Å². The Morgan fingerprint density at radius 2 is 1.96 bits per heavy atom. The Morgan fingerprint density at radius 3 is 2.56 bits per heavy atom. The zero-order chi connectivity index (χ0) is 18.0. The monoisotopic (exact) mass is 340 g/mol. The maximum Gasteiger partial charge on any atom is 0.332 e. The highest BCUT2D eigenvalue weighted by atomic mass is 16.5. The van der Waals surface area contributed by atoms with Crippen LogP contribution in [0.2, 0.25) is 0 Å². The molecule has 1 aromatic carbocycles. The van der Waals surface area contributed by atoms with Crippen LogP contribution >= 0.6 is 0 Å². The number of ether oxygens (including phenoxy) is 1. The van der Waals surface area contributed by atoms with E-state index in [2.05, 4.69) is 5.32 Å². The van der Waals surface area contributed by atoms with Crippen LogP contribution in [0.25, 0.3) is 0 Å². The van der Waals surface area contributed by atoms with Crippen molar-refractivity contribution in [2.45, 2.75) is 25.0 Å². The minimum absolute atomic E-state index is 0.0801. The SMILES string of the molecule is Cn1c(N[C@@H](c2ccccc2)[C@@H]2CCCO2)c(C#N)c(=O)n(C)c1=O. The highest BCUT2D eigenvalue weighted by Crippen LogP contribution is 2.30. The summed E-state index contributed by atoms with van der Waals surface area (Å²) in [5, 5.41) is 12.7. The van der Waals surface area contributed by atoms with Gasteiger partial charge in [-0.1, -0.05) is 30.3 Å². The van der Waals surface area contributed by atoms with Gasteiger partial charge in [-0.15, -0.1) is 0 Å². The van der Waals surface area contributed by atoms with Crippen molar-refractivity contribution in [3.8, 4) is 6.07 Å². The second-order valence-electron chi connectivity index (χ2n) is 6.13. The first-order valence-corrected chi connectivity index (χ1v) is 8.17. The highest BCUT2D eigenvalue weighted by Gasteiger charge is 2.29. The minimum Gasteiger partial charge on any atom is -0.376 e. The van der Waals surface area contributed by atoms with E-state index in [1.165, 1.54) is 11.6 Å². The molecule has 1 N–H and O–H groups in total. The second-order valence-corrected chi connectivity index (χ2v) is 6.13. The van der Waals surface area contributed by atoms with E-state index in [1.807, 2.05) is 36.4 Å². The number of nitriles is 1. The first-order valence-electron chi connectivity index (χ1n) is 8.17. The van der Waals surface area contributed by atoms with Crippen molar-refractivity contribution in [2.24, 2.45) is 14.1 Å². The van der Waals surface area contributed by atoms with Gasteiger partial charge in [-0.25, -0.2) is 4.79 Å². The fourth-order valence-electron chi connectivity index (χ4n) is 3.18. The molecule has 130 valence electrons. The molecular weight excluding hydrogens is 320 g/mol. The molecule has 1 aromatic heterocycles. The van der Waals surface area contributed by atoms with Gasteiger partial charge in [0.05, 0.1) is 12.1 Å². The van der Waals surface area contributed by atoms with E-state index in [0.29, 0.717) is 6.61 Å². The molecule has 1 aliphatic heterocycles. The molecule has 0 spiro atoms. The maximum atomic E-state index is 12.3. The van der Waals surface area contributed by atoms with Crippen molar-refractivity contribution in [2.75, 3.05) is 11.9 Å². The van der Waals surface area contributed by atoms with E-state index in [0.717, 1.165) is 23.0 Å². The first-order chi connectivity index (χ1) is 12.0. The number of hydrogen-bond donors (Lipinski definition) is 1. The van der Waals surface area contributed by atoms with Gasteiger partial charge in [0.25, 0.3) is 5.56 Å².